The van der Waals surface area contributed by atoms with Gasteiger partial charge in [0.2, 0.25) is 10.0 Å². The third-order valence-electron chi connectivity index (χ3n) is 2.69. The molecule has 4 nitrogen and oxygen atoms in total. The summed E-state index contributed by atoms with van der Waals surface area (Å²) in [6.07, 6.45) is -5.64. The van der Waals surface area contributed by atoms with Gasteiger partial charge in [0, 0.05) is 13.6 Å². The lowest BCUT2D eigenvalue weighted by Gasteiger charge is -2.19. The average molecular weight is 331 g/mol. The number of nitrogens with two attached hydrogens (primary N) is 1. The van der Waals surface area contributed by atoms with Crippen molar-refractivity contribution in [2.75, 3.05) is 19.3 Å². The number of benzene rings is 1. The Bertz CT molecular complexity index is 602. The van der Waals surface area contributed by atoms with Gasteiger partial charge >= 0.3 is 6.18 Å². The molecule has 0 amide bonds. The minimum atomic E-state index is -4.42. The molecule has 1 aromatic carbocycles. The zero-order chi connectivity index (χ0) is 15.7. The maximum absolute atomic E-state index is 12.2. The molecular formula is C11H14ClF3N2O2S. The molecule has 1 rings (SSSR count). The number of alkyl halides is 3. The summed E-state index contributed by atoms with van der Waals surface area (Å²) in [5.41, 5.74) is 5.91. The standard InChI is InChI=1S/C11H14ClF3N2O2S/c1-7-5-8(12)9(16)6-10(7)20(18,19)17(2)4-3-11(13,14)15/h5-6H,3-4,16H2,1-2H3. The van der Waals surface area contributed by atoms with Crippen LogP contribution in [0.1, 0.15) is 12.0 Å². The molecule has 2 N–H and O–H groups in total. The lowest BCUT2D eigenvalue weighted by molar-refractivity contribution is -0.135. The number of nitrogens with zero attached hydrogens (tertiary/aromatic N) is 1. The van der Waals surface area contributed by atoms with Gasteiger partial charge in [0.25, 0.3) is 0 Å². The normalized spacial score (nSPS) is 12.9. The van der Waals surface area contributed by atoms with Gasteiger partial charge in [-0.3, -0.25) is 0 Å². The molecule has 0 saturated carbocycles. The first-order valence-electron chi connectivity index (χ1n) is 5.54. The van der Waals surface area contributed by atoms with Crippen LogP contribution in [0.5, 0.6) is 0 Å². The van der Waals surface area contributed by atoms with Crippen LogP contribution in [-0.2, 0) is 10.0 Å². The van der Waals surface area contributed by atoms with Crippen molar-refractivity contribution >= 4 is 27.3 Å². The number of hydrogen-bond acceptors (Lipinski definition) is 3. The molecule has 0 radical (unpaired) electrons. The predicted molar refractivity (Wildman–Crippen MR) is 71.1 cm³/mol. The van der Waals surface area contributed by atoms with Gasteiger partial charge in [-0.05, 0) is 24.6 Å². The van der Waals surface area contributed by atoms with Crippen LogP contribution in [-0.4, -0.2) is 32.5 Å². The van der Waals surface area contributed by atoms with E-state index in [1.807, 2.05) is 0 Å². The molecule has 1 aromatic rings. The van der Waals surface area contributed by atoms with Crippen molar-refractivity contribution < 1.29 is 21.6 Å². The summed E-state index contributed by atoms with van der Waals surface area (Å²) in [4.78, 5) is -0.149. The molecule has 0 atom stereocenters. The average Bonchev–Trinajstić information content (AvgIpc) is 2.29. The van der Waals surface area contributed by atoms with Crippen LogP contribution in [0, 0.1) is 6.92 Å². The molecule has 20 heavy (non-hydrogen) atoms. The molecule has 0 unspecified atom stereocenters. The second-order valence-corrected chi connectivity index (χ2v) is 6.75. The van der Waals surface area contributed by atoms with Crippen LogP contribution in [0.4, 0.5) is 18.9 Å². The Morgan fingerprint density at radius 2 is 1.90 bits per heavy atom. The highest BCUT2D eigenvalue weighted by atomic mass is 35.5. The minimum Gasteiger partial charge on any atom is -0.397 e. The molecular weight excluding hydrogens is 317 g/mol. The minimum absolute atomic E-state index is 0.0556. The Hall–Kier alpha value is -0.990. The number of rotatable bonds is 4. The van der Waals surface area contributed by atoms with E-state index in [0.29, 0.717) is 9.87 Å². The van der Waals surface area contributed by atoms with Gasteiger partial charge in [0.05, 0.1) is 22.0 Å². The highest BCUT2D eigenvalue weighted by Gasteiger charge is 2.31. The Balaban J connectivity index is 3.08. The SMILES string of the molecule is Cc1cc(Cl)c(N)cc1S(=O)(=O)N(C)CCC(F)(F)F. The van der Waals surface area contributed by atoms with E-state index in [9.17, 15) is 21.6 Å². The molecule has 0 heterocycles. The summed E-state index contributed by atoms with van der Waals surface area (Å²) in [6.45, 7) is 0.837. The maximum Gasteiger partial charge on any atom is 0.390 e. The Morgan fingerprint density at radius 3 is 2.40 bits per heavy atom. The Labute approximate surface area is 120 Å². The summed E-state index contributed by atoms with van der Waals surface area (Å²) < 4.78 is 61.5. The van der Waals surface area contributed by atoms with E-state index >= 15 is 0 Å². The topological polar surface area (TPSA) is 63.4 Å². The van der Waals surface area contributed by atoms with Crippen molar-refractivity contribution in [3.05, 3.63) is 22.7 Å². The van der Waals surface area contributed by atoms with Crippen LogP contribution < -0.4 is 5.73 Å². The summed E-state index contributed by atoms with van der Waals surface area (Å²) in [5, 5.41) is 0.194. The third kappa shape index (κ3) is 4.00. The fourth-order valence-corrected chi connectivity index (χ4v) is 3.15. The van der Waals surface area contributed by atoms with E-state index in [1.165, 1.54) is 13.0 Å². The van der Waals surface area contributed by atoms with E-state index in [0.717, 1.165) is 13.1 Å². The molecule has 0 fully saturated rings. The molecule has 0 aliphatic carbocycles. The zero-order valence-corrected chi connectivity index (χ0v) is 12.4. The lowest BCUT2D eigenvalue weighted by Crippen LogP contribution is -2.31. The van der Waals surface area contributed by atoms with Crippen LogP contribution in [0.3, 0.4) is 0 Å². The molecule has 0 bridgehead atoms. The van der Waals surface area contributed by atoms with E-state index in [4.69, 9.17) is 17.3 Å². The summed E-state index contributed by atoms with van der Waals surface area (Å²) in [6, 6.07) is 2.51. The second kappa shape index (κ2) is 5.79. The summed E-state index contributed by atoms with van der Waals surface area (Å²) >= 11 is 5.75. The molecule has 0 aromatic heterocycles. The van der Waals surface area contributed by atoms with Gasteiger partial charge in [-0.15, -0.1) is 0 Å². The number of hydrogen-bond donors (Lipinski definition) is 1. The molecule has 0 aliphatic heterocycles. The molecule has 0 saturated heterocycles. The first-order valence-corrected chi connectivity index (χ1v) is 7.35. The van der Waals surface area contributed by atoms with Crippen LogP contribution in [0.25, 0.3) is 0 Å². The van der Waals surface area contributed by atoms with Gasteiger partial charge in [-0.25, -0.2) is 12.7 Å². The van der Waals surface area contributed by atoms with Gasteiger partial charge < -0.3 is 5.73 Å². The number of aryl methyl sites for hydroxylation is 1. The lowest BCUT2D eigenvalue weighted by atomic mass is 10.2. The Morgan fingerprint density at radius 1 is 1.35 bits per heavy atom. The van der Waals surface area contributed by atoms with Crippen molar-refractivity contribution in [2.45, 2.75) is 24.4 Å². The largest absolute Gasteiger partial charge is 0.397 e. The Kier molecular flexibility index (Phi) is 4.94. The van der Waals surface area contributed by atoms with E-state index in [2.05, 4.69) is 0 Å². The predicted octanol–water partition coefficient (Wildman–Crippen LogP) is 2.80. The van der Waals surface area contributed by atoms with E-state index in [1.54, 1.807) is 0 Å². The molecule has 114 valence electrons. The van der Waals surface area contributed by atoms with E-state index in [-0.39, 0.29) is 15.6 Å². The van der Waals surface area contributed by atoms with Crippen molar-refractivity contribution in [2.24, 2.45) is 0 Å². The van der Waals surface area contributed by atoms with Crippen LogP contribution >= 0.6 is 11.6 Å². The number of anilines is 1. The number of halogens is 4. The summed E-state index contributed by atoms with van der Waals surface area (Å²) in [5.74, 6) is 0. The fourth-order valence-electron chi connectivity index (χ4n) is 1.52. The first kappa shape index (κ1) is 17.1. The van der Waals surface area contributed by atoms with Crippen molar-refractivity contribution in [1.82, 2.24) is 4.31 Å². The van der Waals surface area contributed by atoms with Gasteiger partial charge in [0.1, 0.15) is 0 Å². The van der Waals surface area contributed by atoms with E-state index < -0.39 is 29.2 Å². The molecule has 0 spiro atoms. The summed E-state index contributed by atoms with van der Waals surface area (Å²) in [7, 11) is -2.95. The highest BCUT2D eigenvalue weighted by Crippen LogP contribution is 2.28. The van der Waals surface area contributed by atoms with Crippen LogP contribution in [0.2, 0.25) is 5.02 Å². The monoisotopic (exact) mass is 330 g/mol. The fraction of sp³-hybridized carbons (Fsp3) is 0.455. The second-order valence-electron chi connectivity index (χ2n) is 4.33. The first-order chi connectivity index (χ1) is 8.95. The number of nitrogen functional groups attached to an aromatic ring is 1. The van der Waals surface area contributed by atoms with Crippen molar-refractivity contribution in [3.63, 3.8) is 0 Å². The van der Waals surface area contributed by atoms with Gasteiger partial charge in [-0.1, -0.05) is 11.6 Å². The quantitative estimate of drug-likeness (QED) is 0.863. The van der Waals surface area contributed by atoms with Gasteiger partial charge in [0.15, 0.2) is 0 Å². The van der Waals surface area contributed by atoms with Gasteiger partial charge in [-0.2, -0.15) is 13.2 Å². The zero-order valence-electron chi connectivity index (χ0n) is 10.8. The maximum atomic E-state index is 12.2. The molecule has 0 aliphatic rings. The smallest absolute Gasteiger partial charge is 0.390 e. The number of sulfonamides is 1. The highest BCUT2D eigenvalue weighted by molar-refractivity contribution is 7.89. The third-order valence-corrected chi connectivity index (χ3v) is 5.02. The van der Waals surface area contributed by atoms with Crippen molar-refractivity contribution in [1.29, 1.82) is 0 Å². The molecule has 9 heteroatoms. The van der Waals surface area contributed by atoms with Crippen molar-refractivity contribution in [3.8, 4) is 0 Å². The van der Waals surface area contributed by atoms with Crippen LogP contribution in [0.15, 0.2) is 17.0 Å².